The van der Waals surface area contributed by atoms with E-state index >= 15 is 0 Å². The number of nitrogens with one attached hydrogen (secondary N) is 1. The van der Waals surface area contributed by atoms with Crippen molar-refractivity contribution in [1.29, 1.82) is 0 Å². The van der Waals surface area contributed by atoms with E-state index < -0.39 is 0 Å². The van der Waals surface area contributed by atoms with Crippen molar-refractivity contribution in [1.82, 2.24) is 14.9 Å². The van der Waals surface area contributed by atoms with Crippen LogP contribution < -0.4 is 5.32 Å². The van der Waals surface area contributed by atoms with E-state index in [9.17, 15) is 4.39 Å². The number of hydrogen-bond donors (Lipinski definition) is 1. The topological polar surface area (TPSA) is 41.0 Å². The number of fused-ring (bicyclic) bond motifs is 1. The van der Waals surface area contributed by atoms with Crippen LogP contribution in [0.5, 0.6) is 0 Å². The van der Waals surface area contributed by atoms with E-state index in [1.165, 1.54) is 12.1 Å². The lowest BCUT2D eigenvalue weighted by Crippen LogP contribution is -2.25. The van der Waals surface area contributed by atoms with Gasteiger partial charge >= 0.3 is 0 Å². The van der Waals surface area contributed by atoms with Crippen LogP contribution in [-0.2, 0) is 6.54 Å². The van der Waals surface area contributed by atoms with Crippen molar-refractivity contribution in [2.75, 3.05) is 25.5 Å². The summed E-state index contributed by atoms with van der Waals surface area (Å²) < 4.78 is 14.0. The molecular weight excluding hydrogens is 299 g/mol. The van der Waals surface area contributed by atoms with Crippen molar-refractivity contribution in [2.45, 2.75) is 6.54 Å². The van der Waals surface area contributed by atoms with Gasteiger partial charge in [0, 0.05) is 19.6 Å². The highest BCUT2D eigenvalue weighted by Crippen LogP contribution is 2.24. The van der Waals surface area contributed by atoms with Crippen molar-refractivity contribution in [3.05, 3.63) is 53.4 Å². The highest BCUT2D eigenvalue weighted by atomic mass is 32.1. The number of hydrogen-bond acceptors (Lipinski definition) is 5. The second-order valence-electron chi connectivity index (χ2n) is 5.15. The lowest BCUT2D eigenvalue weighted by Gasteiger charge is -2.17. The van der Waals surface area contributed by atoms with Gasteiger partial charge in [-0.1, -0.05) is 12.1 Å². The molecule has 0 aliphatic heterocycles. The first-order valence-electron chi connectivity index (χ1n) is 7.07. The van der Waals surface area contributed by atoms with E-state index in [1.807, 2.05) is 30.6 Å². The predicted octanol–water partition coefficient (Wildman–Crippen LogP) is 3.37. The normalized spacial score (nSPS) is 11.2. The van der Waals surface area contributed by atoms with Gasteiger partial charge in [0.1, 0.15) is 18.0 Å². The Morgan fingerprint density at radius 1 is 1.18 bits per heavy atom. The molecule has 0 fully saturated rings. The average molecular weight is 316 g/mol. The molecule has 0 amide bonds. The first kappa shape index (κ1) is 14.9. The summed E-state index contributed by atoms with van der Waals surface area (Å²) in [7, 11) is 2.05. The number of aromatic nitrogens is 2. The third kappa shape index (κ3) is 3.58. The first-order valence-corrected chi connectivity index (χ1v) is 7.95. The second kappa shape index (κ2) is 6.81. The number of likely N-dealkylation sites (N-methyl/N-ethyl adjacent to an activating group) is 1. The molecule has 0 saturated heterocycles. The predicted molar refractivity (Wildman–Crippen MR) is 88.6 cm³/mol. The Kier molecular flexibility index (Phi) is 4.60. The molecule has 4 nitrogen and oxygen atoms in total. The zero-order valence-corrected chi connectivity index (χ0v) is 13.1. The quantitative estimate of drug-likeness (QED) is 0.757. The number of thiophene rings is 1. The fraction of sp³-hybridized carbons (Fsp3) is 0.250. The van der Waals surface area contributed by atoms with Crippen molar-refractivity contribution in [2.24, 2.45) is 0 Å². The average Bonchev–Trinajstić information content (AvgIpc) is 2.99. The summed E-state index contributed by atoms with van der Waals surface area (Å²) in [6.07, 6.45) is 1.58. The number of anilines is 1. The van der Waals surface area contributed by atoms with Crippen LogP contribution in [0.15, 0.2) is 42.0 Å². The van der Waals surface area contributed by atoms with Crippen LogP contribution in [0.3, 0.4) is 0 Å². The SMILES string of the molecule is CN(CCNc1ncnc2ccsc12)Cc1ccc(F)cc1. The van der Waals surface area contributed by atoms with Gasteiger partial charge in [0.05, 0.1) is 10.2 Å². The van der Waals surface area contributed by atoms with Gasteiger partial charge in [0.25, 0.3) is 0 Å². The zero-order chi connectivity index (χ0) is 15.4. The minimum atomic E-state index is -0.197. The van der Waals surface area contributed by atoms with E-state index in [4.69, 9.17) is 0 Å². The molecule has 0 aliphatic carbocycles. The standard InChI is InChI=1S/C16H17FN4S/c1-21(10-12-2-4-13(17)5-3-12)8-7-18-16-15-14(6-9-22-15)19-11-20-16/h2-6,9,11H,7-8,10H2,1H3,(H,18,19,20). The molecule has 1 aromatic carbocycles. The van der Waals surface area contributed by atoms with Gasteiger partial charge in [0.15, 0.2) is 0 Å². The number of rotatable bonds is 6. The Morgan fingerprint density at radius 2 is 2.00 bits per heavy atom. The Labute approximate surface area is 132 Å². The lowest BCUT2D eigenvalue weighted by molar-refractivity contribution is 0.339. The van der Waals surface area contributed by atoms with E-state index in [2.05, 4.69) is 20.2 Å². The van der Waals surface area contributed by atoms with Crippen molar-refractivity contribution in [3.63, 3.8) is 0 Å². The Balaban J connectivity index is 1.52. The Bertz CT molecular complexity index is 741. The fourth-order valence-electron chi connectivity index (χ4n) is 2.26. The lowest BCUT2D eigenvalue weighted by atomic mass is 10.2. The molecule has 0 spiro atoms. The second-order valence-corrected chi connectivity index (χ2v) is 6.06. The summed E-state index contributed by atoms with van der Waals surface area (Å²) in [5.41, 5.74) is 2.08. The summed E-state index contributed by atoms with van der Waals surface area (Å²) in [4.78, 5) is 10.7. The largest absolute Gasteiger partial charge is 0.367 e. The van der Waals surface area contributed by atoms with Crippen LogP contribution in [0, 0.1) is 5.82 Å². The van der Waals surface area contributed by atoms with Gasteiger partial charge in [-0.15, -0.1) is 11.3 Å². The molecule has 3 aromatic rings. The van der Waals surface area contributed by atoms with Crippen LogP contribution in [0.4, 0.5) is 10.2 Å². The summed E-state index contributed by atoms with van der Waals surface area (Å²) in [5, 5.41) is 5.38. The highest BCUT2D eigenvalue weighted by molar-refractivity contribution is 7.17. The van der Waals surface area contributed by atoms with Crippen molar-refractivity contribution < 1.29 is 4.39 Å². The molecule has 1 N–H and O–H groups in total. The first-order chi connectivity index (χ1) is 10.7. The van der Waals surface area contributed by atoms with E-state index in [0.717, 1.165) is 41.2 Å². The van der Waals surface area contributed by atoms with Gasteiger partial charge < -0.3 is 10.2 Å². The minimum Gasteiger partial charge on any atom is -0.367 e. The van der Waals surface area contributed by atoms with Crippen molar-refractivity contribution in [3.8, 4) is 0 Å². The van der Waals surface area contributed by atoms with Crippen LogP contribution >= 0.6 is 11.3 Å². The van der Waals surface area contributed by atoms with Gasteiger partial charge in [-0.2, -0.15) is 0 Å². The van der Waals surface area contributed by atoms with Gasteiger partial charge in [0.2, 0.25) is 0 Å². The molecule has 0 unspecified atom stereocenters. The molecule has 0 atom stereocenters. The Morgan fingerprint density at radius 3 is 2.82 bits per heavy atom. The van der Waals surface area contributed by atoms with Gasteiger partial charge in [-0.25, -0.2) is 14.4 Å². The van der Waals surface area contributed by atoms with Gasteiger partial charge in [-0.05, 0) is 36.2 Å². The third-order valence-corrected chi connectivity index (χ3v) is 4.31. The zero-order valence-electron chi connectivity index (χ0n) is 12.3. The molecule has 0 bridgehead atoms. The highest BCUT2D eigenvalue weighted by Gasteiger charge is 2.05. The van der Waals surface area contributed by atoms with Crippen LogP contribution in [0.25, 0.3) is 10.2 Å². The van der Waals surface area contributed by atoms with Crippen LogP contribution in [0.1, 0.15) is 5.56 Å². The minimum absolute atomic E-state index is 0.197. The third-order valence-electron chi connectivity index (χ3n) is 3.39. The summed E-state index contributed by atoms with van der Waals surface area (Å²) in [6.45, 7) is 2.45. The van der Waals surface area contributed by atoms with E-state index in [0.29, 0.717) is 0 Å². The van der Waals surface area contributed by atoms with E-state index in [-0.39, 0.29) is 5.82 Å². The molecule has 3 rings (SSSR count). The number of benzene rings is 1. The molecular formula is C16H17FN4S. The molecule has 114 valence electrons. The van der Waals surface area contributed by atoms with Crippen LogP contribution in [0.2, 0.25) is 0 Å². The van der Waals surface area contributed by atoms with E-state index in [1.54, 1.807) is 17.7 Å². The van der Waals surface area contributed by atoms with Crippen molar-refractivity contribution >= 4 is 27.4 Å². The maximum Gasteiger partial charge on any atom is 0.147 e. The smallest absolute Gasteiger partial charge is 0.147 e. The maximum absolute atomic E-state index is 12.9. The molecule has 22 heavy (non-hydrogen) atoms. The monoisotopic (exact) mass is 316 g/mol. The summed E-state index contributed by atoms with van der Waals surface area (Å²) in [6, 6.07) is 8.62. The molecule has 6 heteroatoms. The Hall–Kier alpha value is -2.05. The molecule has 0 saturated carbocycles. The number of nitrogens with zero attached hydrogens (tertiary/aromatic N) is 3. The molecule has 0 radical (unpaired) electrons. The summed E-state index contributed by atoms with van der Waals surface area (Å²) >= 11 is 1.64. The fourth-order valence-corrected chi connectivity index (χ4v) is 3.07. The molecule has 2 heterocycles. The molecule has 2 aromatic heterocycles. The van der Waals surface area contributed by atoms with Gasteiger partial charge in [-0.3, -0.25) is 0 Å². The maximum atomic E-state index is 12.9. The van der Waals surface area contributed by atoms with Crippen LogP contribution in [-0.4, -0.2) is 35.0 Å². The number of halogens is 1. The summed E-state index contributed by atoms with van der Waals surface area (Å²) in [5.74, 6) is 0.687. The molecule has 0 aliphatic rings.